The van der Waals surface area contributed by atoms with Gasteiger partial charge in [0.05, 0.1) is 11.0 Å². The Bertz CT molecular complexity index is 354. The number of anilines is 1. The van der Waals surface area contributed by atoms with E-state index in [4.69, 9.17) is 5.73 Å². The fourth-order valence-electron chi connectivity index (χ4n) is 1.89. The highest BCUT2D eigenvalue weighted by Crippen LogP contribution is 2.31. The largest absolute Gasteiger partial charge is 0.376 e. The predicted octanol–water partition coefficient (Wildman–Crippen LogP) is 1.49. The van der Waals surface area contributed by atoms with Gasteiger partial charge < -0.3 is 5.73 Å². The van der Waals surface area contributed by atoms with Crippen molar-refractivity contribution in [3.63, 3.8) is 0 Å². The molecule has 1 aliphatic rings. The molecule has 1 saturated carbocycles. The summed E-state index contributed by atoms with van der Waals surface area (Å²) in [4.78, 5) is 10.0. The Balaban J connectivity index is 2.27. The first-order chi connectivity index (χ1) is 6.68. The van der Waals surface area contributed by atoms with Crippen LogP contribution in [-0.2, 0) is 0 Å². The molecule has 1 fully saturated rings. The molecular weight excluding hydrogens is 184 g/mol. The Labute approximate surface area is 80.9 Å². The number of nitrogens with two attached hydrogens (primary N) is 1. The first kappa shape index (κ1) is 8.98. The second-order valence-electron chi connectivity index (χ2n) is 3.57. The second kappa shape index (κ2) is 3.28. The molecule has 1 aromatic heterocycles. The fourth-order valence-corrected chi connectivity index (χ4v) is 1.89. The van der Waals surface area contributed by atoms with E-state index in [0.717, 1.165) is 25.7 Å². The second-order valence-corrected chi connectivity index (χ2v) is 3.57. The van der Waals surface area contributed by atoms with Crippen LogP contribution in [0, 0.1) is 10.1 Å². The van der Waals surface area contributed by atoms with Crippen molar-refractivity contribution in [3.05, 3.63) is 16.3 Å². The zero-order chi connectivity index (χ0) is 10.1. The van der Waals surface area contributed by atoms with Crippen LogP contribution >= 0.6 is 0 Å². The van der Waals surface area contributed by atoms with Crippen LogP contribution in [0.2, 0.25) is 0 Å². The normalized spacial score (nSPS) is 17.4. The van der Waals surface area contributed by atoms with Crippen molar-refractivity contribution in [1.29, 1.82) is 0 Å². The van der Waals surface area contributed by atoms with Crippen LogP contribution in [0.3, 0.4) is 0 Å². The van der Waals surface area contributed by atoms with Crippen molar-refractivity contribution in [2.24, 2.45) is 0 Å². The van der Waals surface area contributed by atoms with Gasteiger partial charge in [-0.3, -0.25) is 14.8 Å². The van der Waals surface area contributed by atoms with Crippen LogP contribution in [-0.4, -0.2) is 14.7 Å². The van der Waals surface area contributed by atoms with Gasteiger partial charge in [-0.15, -0.1) is 5.10 Å². The molecule has 0 aromatic carbocycles. The van der Waals surface area contributed by atoms with Gasteiger partial charge in [0.25, 0.3) is 0 Å². The van der Waals surface area contributed by atoms with E-state index in [0.29, 0.717) is 6.04 Å². The van der Waals surface area contributed by atoms with Gasteiger partial charge in [0.15, 0.2) is 0 Å². The highest BCUT2D eigenvalue weighted by Gasteiger charge is 2.23. The molecule has 0 unspecified atom stereocenters. The van der Waals surface area contributed by atoms with Gasteiger partial charge in [-0.2, -0.15) is 0 Å². The number of aromatic nitrogens is 2. The Morgan fingerprint density at radius 3 is 2.71 bits per heavy atom. The average molecular weight is 196 g/mol. The topological polar surface area (TPSA) is 87.0 Å². The lowest BCUT2D eigenvalue weighted by molar-refractivity contribution is -0.384. The van der Waals surface area contributed by atoms with Crippen molar-refractivity contribution < 1.29 is 4.92 Å². The van der Waals surface area contributed by atoms with Gasteiger partial charge in [0.2, 0.25) is 5.82 Å². The summed E-state index contributed by atoms with van der Waals surface area (Å²) >= 11 is 0. The van der Waals surface area contributed by atoms with Crippen molar-refractivity contribution in [2.75, 3.05) is 5.73 Å². The van der Waals surface area contributed by atoms with Gasteiger partial charge in [-0.05, 0) is 12.8 Å². The zero-order valence-corrected chi connectivity index (χ0v) is 7.72. The average Bonchev–Trinajstić information content (AvgIpc) is 2.70. The van der Waals surface area contributed by atoms with E-state index < -0.39 is 4.92 Å². The highest BCUT2D eigenvalue weighted by atomic mass is 16.6. The fraction of sp³-hybridized carbons (Fsp3) is 0.625. The maximum absolute atomic E-state index is 10.5. The number of nitrogens with zero attached hydrogens (tertiary/aromatic N) is 3. The van der Waals surface area contributed by atoms with Crippen LogP contribution in [0.5, 0.6) is 0 Å². The molecule has 0 saturated heterocycles. The standard InChI is InChI=1S/C8H12N4O2/c9-8-7(12(13)14)5-11(10-8)6-3-1-2-4-6/h5-6H,1-4H2,(H2,9,10). The van der Waals surface area contributed by atoms with Crippen LogP contribution in [0.25, 0.3) is 0 Å². The highest BCUT2D eigenvalue weighted by molar-refractivity contribution is 5.50. The van der Waals surface area contributed by atoms with Crippen LogP contribution in [0.1, 0.15) is 31.7 Å². The van der Waals surface area contributed by atoms with E-state index in [1.807, 2.05) is 0 Å². The van der Waals surface area contributed by atoms with E-state index in [9.17, 15) is 10.1 Å². The molecule has 0 radical (unpaired) electrons. The minimum absolute atomic E-state index is 0.0156. The number of nitrogen functional groups attached to an aromatic ring is 1. The first-order valence-corrected chi connectivity index (χ1v) is 4.67. The van der Waals surface area contributed by atoms with E-state index in [1.165, 1.54) is 6.20 Å². The van der Waals surface area contributed by atoms with E-state index in [1.54, 1.807) is 4.68 Å². The summed E-state index contributed by atoms with van der Waals surface area (Å²) in [7, 11) is 0. The van der Waals surface area contributed by atoms with Gasteiger partial charge in [0.1, 0.15) is 6.20 Å². The lowest BCUT2D eigenvalue weighted by Crippen LogP contribution is -2.05. The third-order valence-corrected chi connectivity index (χ3v) is 2.64. The summed E-state index contributed by atoms with van der Waals surface area (Å²) < 4.78 is 1.64. The molecule has 0 amide bonds. The van der Waals surface area contributed by atoms with Gasteiger partial charge >= 0.3 is 5.69 Å². The summed E-state index contributed by atoms with van der Waals surface area (Å²) in [5.74, 6) is 0.0156. The number of nitro groups is 1. The van der Waals surface area contributed by atoms with E-state index in [2.05, 4.69) is 5.10 Å². The van der Waals surface area contributed by atoms with Gasteiger partial charge in [-0.25, -0.2) is 0 Å². The molecule has 6 heteroatoms. The molecule has 1 aromatic rings. The molecule has 76 valence electrons. The molecule has 2 N–H and O–H groups in total. The SMILES string of the molecule is Nc1nn(C2CCCC2)cc1[N+](=O)[O-]. The molecule has 14 heavy (non-hydrogen) atoms. The van der Waals surface area contributed by atoms with Crippen molar-refractivity contribution in [1.82, 2.24) is 9.78 Å². The molecule has 0 bridgehead atoms. The molecule has 1 aliphatic carbocycles. The van der Waals surface area contributed by atoms with Crippen LogP contribution < -0.4 is 5.73 Å². The molecule has 0 spiro atoms. The van der Waals surface area contributed by atoms with Crippen molar-refractivity contribution in [2.45, 2.75) is 31.7 Å². The molecule has 1 heterocycles. The summed E-state index contributed by atoms with van der Waals surface area (Å²) in [5, 5.41) is 14.5. The molecule has 0 aliphatic heterocycles. The maximum Gasteiger partial charge on any atom is 0.330 e. The first-order valence-electron chi connectivity index (χ1n) is 4.67. The van der Waals surface area contributed by atoms with Gasteiger partial charge in [0, 0.05) is 0 Å². The minimum Gasteiger partial charge on any atom is -0.376 e. The third-order valence-electron chi connectivity index (χ3n) is 2.64. The minimum atomic E-state index is -0.492. The summed E-state index contributed by atoms with van der Waals surface area (Å²) in [5.41, 5.74) is 5.35. The van der Waals surface area contributed by atoms with Crippen LogP contribution in [0.15, 0.2) is 6.20 Å². The Hall–Kier alpha value is -1.59. The smallest absolute Gasteiger partial charge is 0.330 e. The monoisotopic (exact) mass is 196 g/mol. The molecule has 0 atom stereocenters. The predicted molar refractivity (Wildman–Crippen MR) is 50.8 cm³/mol. The molecule has 2 rings (SSSR count). The Morgan fingerprint density at radius 2 is 2.21 bits per heavy atom. The van der Waals surface area contributed by atoms with Gasteiger partial charge in [-0.1, -0.05) is 12.8 Å². The zero-order valence-electron chi connectivity index (χ0n) is 7.72. The van der Waals surface area contributed by atoms with E-state index >= 15 is 0 Å². The quantitative estimate of drug-likeness (QED) is 0.573. The summed E-state index contributed by atoms with van der Waals surface area (Å²) in [6.07, 6.45) is 5.85. The van der Waals surface area contributed by atoms with E-state index in [-0.39, 0.29) is 11.5 Å². The lowest BCUT2D eigenvalue weighted by Gasteiger charge is -2.07. The maximum atomic E-state index is 10.5. The molecule has 6 nitrogen and oxygen atoms in total. The van der Waals surface area contributed by atoms with Crippen LogP contribution in [0.4, 0.5) is 11.5 Å². The summed E-state index contributed by atoms with van der Waals surface area (Å²) in [6, 6.07) is 0.297. The number of hydrogen-bond donors (Lipinski definition) is 1. The van der Waals surface area contributed by atoms with Crippen molar-refractivity contribution >= 4 is 11.5 Å². The Morgan fingerprint density at radius 1 is 1.57 bits per heavy atom. The lowest BCUT2D eigenvalue weighted by atomic mass is 10.3. The Kier molecular flexibility index (Phi) is 2.11. The van der Waals surface area contributed by atoms with Crippen molar-refractivity contribution in [3.8, 4) is 0 Å². The molecular formula is C8H12N4O2. The number of hydrogen-bond acceptors (Lipinski definition) is 4. The third kappa shape index (κ3) is 1.43. The number of rotatable bonds is 2. The summed E-state index contributed by atoms with van der Waals surface area (Å²) in [6.45, 7) is 0.